The Balaban J connectivity index is 1.92. The minimum atomic E-state index is -1.10. The largest absolute Gasteiger partial charge is 0.480 e. The number of hydrogen-bond donors (Lipinski definition) is 1. The summed E-state index contributed by atoms with van der Waals surface area (Å²) in [7, 11) is 0. The Morgan fingerprint density at radius 3 is 2.56 bits per heavy atom. The molecule has 0 aliphatic heterocycles. The number of aliphatic carboxylic acids is 1. The van der Waals surface area contributed by atoms with Gasteiger partial charge < -0.3 is 14.4 Å². The van der Waals surface area contributed by atoms with Crippen LogP contribution in [0.15, 0.2) is 34.7 Å². The Bertz CT molecular complexity index is 822. The molecule has 1 heterocycles. The minimum absolute atomic E-state index is 0.0191. The predicted molar refractivity (Wildman–Crippen MR) is 89.5 cm³/mol. The van der Waals surface area contributed by atoms with E-state index in [0.717, 1.165) is 5.56 Å². The zero-order chi connectivity index (χ0) is 18.0. The maximum atomic E-state index is 12.9. The van der Waals surface area contributed by atoms with Gasteiger partial charge in [0.2, 0.25) is 0 Å². The van der Waals surface area contributed by atoms with E-state index in [1.165, 1.54) is 4.90 Å². The Hall–Kier alpha value is -2.89. The second-order valence-electron chi connectivity index (χ2n) is 6.17. The summed E-state index contributed by atoms with van der Waals surface area (Å²) in [5.41, 5.74) is 1.82. The topological polar surface area (TPSA) is 87.8 Å². The normalized spacial score (nSPS) is 13.4. The second-order valence-corrected chi connectivity index (χ2v) is 6.17. The quantitative estimate of drug-likeness (QED) is 0.903. The van der Waals surface area contributed by atoms with E-state index in [0.29, 0.717) is 36.1 Å². The molecular weight excluding hydrogens is 322 g/mol. The molecule has 0 bridgehead atoms. The van der Waals surface area contributed by atoms with Gasteiger partial charge >= 0.3 is 5.97 Å². The van der Waals surface area contributed by atoms with E-state index in [2.05, 4.69) is 0 Å². The van der Waals surface area contributed by atoms with Gasteiger partial charge in [-0.3, -0.25) is 14.4 Å². The summed E-state index contributed by atoms with van der Waals surface area (Å²) in [6.45, 7) is 1.40. The minimum Gasteiger partial charge on any atom is -0.480 e. The van der Waals surface area contributed by atoms with Gasteiger partial charge in [0.05, 0.1) is 5.56 Å². The number of ketones is 1. The molecule has 0 spiro atoms. The van der Waals surface area contributed by atoms with Crippen LogP contribution >= 0.6 is 0 Å². The van der Waals surface area contributed by atoms with Gasteiger partial charge in [-0.25, -0.2) is 0 Å². The molecule has 6 heteroatoms. The highest BCUT2D eigenvalue weighted by Crippen LogP contribution is 2.30. The molecular formula is C19H19NO5. The number of benzene rings is 1. The summed E-state index contributed by atoms with van der Waals surface area (Å²) in [6, 6.07) is 9.16. The lowest BCUT2D eigenvalue weighted by Crippen LogP contribution is -2.35. The van der Waals surface area contributed by atoms with Crippen molar-refractivity contribution in [2.45, 2.75) is 32.7 Å². The molecule has 1 aliphatic rings. The average molecular weight is 341 g/mol. The molecule has 25 heavy (non-hydrogen) atoms. The average Bonchev–Trinajstić information content (AvgIpc) is 2.92. The van der Waals surface area contributed by atoms with Gasteiger partial charge in [0.1, 0.15) is 12.3 Å². The van der Waals surface area contributed by atoms with Gasteiger partial charge in [0, 0.05) is 24.9 Å². The number of fused-ring (bicyclic) bond motifs is 1. The van der Waals surface area contributed by atoms with Crippen LogP contribution < -0.4 is 0 Å². The van der Waals surface area contributed by atoms with E-state index >= 15 is 0 Å². The van der Waals surface area contributed by atoms with E-state index < -0.39 is 18.4 Å². The number of rotatable bonds is 5. The van der Waals surface area contributed by atoms with Crippen LogP contribution in [0.1, 0.15) is 50.6 Å². The van der Waals surface area contributed by atoms with Crippen LogP contribution in [0, 0.1) is 6.92 Å². The summed E-state index contributed by atoms with van der Waals surface area (Å²) < 4.78 is 5.66. The lowest BCUT2D eigenvalue weighted by Gasteiger charge is -2.20. The van der Waals surface area contributed by atoms with E-state index in [1.54, 1.807) is 6.92 Å². The molecule has 0 saturated heterocycles. The third-order valence-corrected chi connectivity index (χ3v) is 4.33. The zero-order valence-electron chi connectivity index (χ0n) is 13.9. The van der Waals surface area contributed by atoms with Crippen LogP contribution in [0.3, 0.4) is 0 Å². The Labute approximate surface area is 145 Å². The molecule has 1 aliphatic carbocycles. The number of nitrogens with zero attached hydrogens (tertiary/aromatic N) is 1. The number of Topliss-reactive ketones (excluding diaryl/α,β-unsaturated/α-hetero) is 1. The number of amides is 1. The van der Waals surface area contributed by atoms with Crippen molar-refractivity contribution in [2.24, 2.45) is 0 Å². The van der Waals surface area contributed by atoms with Crippen LogP contribution in [0.5, 0.6) is 0 Å². The molecule has 0 atom stereocenters. The number of carbonyl (C=O) groups excluding carboxylic acids is 2. The first kappa shape index (κ1) is 17.0. The van der Waals surface area contributed by atoms with Gasteiger partial charge in [0.25, 0.3) is 5.91 Å². The fraction of sp³-hybridized carbons (Fsp3) is 0.316. The molecule has 1 N–H and O–H groups in total. The van der Waals surface area contributed by atoms with Crippen molar-refractivity contribution >= 4 is 17.7 Å². The first-order valence-corrected chi connectivity index (χ1v) is 8.18. The Morgan fingerprint density at radius 2 is 1.92 bits per heavy atom. The van der Waals surface area contributed by atoms with E-state index in [4.69, 9.17) is 9.52 Å². The molecule has 130 valence electrons. The third kappa shape index (κ3) is 3.47. The molecule has 0 fully saturated rings. The van der Waals surface area contributed by atoms with Crippen molar-refractivity contribution in [1.82, 2.24) is 4.90 Å². The van der Waals surface area contributed by atoms with Crippen LogP contribution in [0.25, 0.3) is 0 Å². The summed E-state index contributed by atoms with van der Waals surface area (Å²) in [5.74, 6) is -1.03. The van der Waals surface area contributed by atoms with Crippen LogP contribution in [-0.2, 0) is 17.8 Å². The third-order valence-electron chi connectivity index (χ3n) is 4.33. The Kier molecular flexibility index (Phi) is 4.70. The number of aryl methyl sites for hydroxylation is 1. The van der Waals surface area contributed by atoms with Crippen molar-refractivity contribution < 1.29 is 23.9 Å². The first-order chi connectivity index (χ1) is 12.0. The van der Waals surface area contributed by atoms with Crippen molar-refractivity contribution in [3.63, 3.8) is 0 Å². The van der Waals surface area contributed by atoms with Crippen LogP contribution in [0.4, 0.5) is 0 Å². The van der Waals surface area contributed by atoms with Gasteiger partial charge in [-0.15, -0.1) is 0 Å². The number of hydrogen-bond acceptors (Lipinski definition) is 4. The van der Waals surface area contributed by atoms with Crippen molar-refractivity contribution in [2.75, 3.05) is 6.54 Å². The highest BCUT2D eigenvalue weighted by molar-refractivity contribution is 6.03. The van der Waals surface area contributed by atoms with Crippen LogP contribution in [-0.4, -0.2) is 34.2 Å². The molecule has 1 aromatic carbocycles. The Morgan fingerprint density at radius 1 is 1.20 bits per heavy atom. The van der Waals surface area contributed by atoms with Gasteiger partial charge in [-0.05, 0) is 18.9 Å². The molecule has 0 radical (unpaired) electrons. The van der Waals surface area contributed by atoms with E-state index in [1.807, 2.05) is 30.3 Å². The van der Waals surface area contributed by atoms with Crippen molar-refractivity contribution in [1.29, 1.82) is 0 Å². The molecule has 1 amide bonds. The fourth-order valence-corrected chi connectivity index (χ4v) is 3.16. The van der Waals surface area contributed by atoms with Crippen LogP contribution in [0.2, 0.25) is 0 Å². The maximum absolute atomic E-state index is 12.9. The highest BCUT2D eigenvalue weighted by Gasteiger charge is 2.31. The molecule has 6 nitrogen and oxygen atoms in total. The number of carbonyl (C=O) groups is 3. The second kappa shape index (κ2) is 6.93. The highest BCUT2D eigenvalue weighted by atomic mass is 16.4. The smallest absolute Gasteiger partial charge is 0.323 e. The van der Waals surface area contributed by atoms with Crippen molar-refractivity contribution in [3.05, 3.63) is 58.5 Å². The van der Waals surface area contributed by atoms with E-state index in [-0.39, 0.29) is 18.1 Å². The molecule has 0 saturated carbocycles. The number of furan rings is 1. The zero-order valence-corrected chi connectivity index (χ0v) is 13.9. The van der Waals surface area contributed by atoms with Gasteiger partial charge in [-0.1, -0.05) is 30.3 Å². The molecule has 1 aromatic heterocycles. The molecule has 3 rings (SSSR count). The number of carboxylic acids is 1. The van der Waals surface area contributed by atoms with Crippen molar-refractivity contribution in [3.8, 4) is 0 Å². The lowest BCUT2D eigenvalue weighted by molar-refractivity contribution is -0.137. The standard InChI is InChI=1S/C19H19NO5/c1-12-17-14(21)8-5-9-15(17)25-18(12)19(24)20(11-16(22)23)10-13-6-3-2-4-7-13/h2-4,6-7H,5,8-11H2,1H3,(H,22,23). The fourth-order valence-electron chi connectivity index (χ4n) is 3.16. The summed E-state index contributed by atoms with van der Waals surface area (Å²) in [4.78, 5) is 37.4. The molecule has 0 unspecified atom stereocenters. The lowest BCUT2D eigenvalue weighted by atomic mass is 9.94. The number of carboxylic acid groups (broad SMARTS) is 1. The van der Waals surface area contributed by atoms with Gasteiger partial charge in [0.15, 0.2) is 11.5 Å². The molecule has 2 aromatic rings. The summed E-state index contributed by atoms with van der Waals surface area (Å²) in [6.07, 6.45) is 1.77. The predicted octanol–water partition coefficient (Wildman–Crippen LogP) is 2.83. The monoisotopic (exact) mass is 341 g/mol. The summed E-state index contributed by atoms with van der Waals surface area (Å²) in [5, 5.41) is 9.15. The van der Waals surface area contributed by atoms with E-state index in [9.17, 15) is 14.4 Å². The summed E-state index contributed by atoms with van der Waals surface area (Å²) >= 11 is 0. The maximum Gasteiger partial charge on any atom is 0.323 e. The first-order valence-electron chi connectivity index (χ1n) is 8.18. The SMILES string of the molecule is Cc1c(C(=O)N(CC(=O)O)Cc2ccccc2)oc2c1C(=O)CCC2. The van der Waals surface area contributed by atoms with Gasteiger partial charge in [-0.2, -0.15) is 0 Å².